The molecule has 2 rings (SSSR count). The van der Waals surface area contributed by atoms with Crippen LogP contribution in [0.3, 0.4) is 0 Å². The third-order valence-electron chi connectivity index (χ3n) is 2.19. The molecule has 14 heavy (non-hydrogen) atoms. The third kappa shape index (κ3) is 3.39. The lowest BCUT2D eigenvalue weighted by Crippen LogP contribution is -2.12. The summed E-state index contributed by atoms with van der Waals surface area (Å²) < 4.78 is 1.06. The van der Waals surface area contributed by atoms with E-state index in [1.807, 2.05) is 12.4 Å². The summed E-state index contributed by atoms with van der Waals surface area (Å²) in [4.78, 5) is 4.14. The van der Waals surface area contributed by atoms with Gasteiger partial charge in [-0.25, -0.2) is 0 Å². The summed E-state index contributed by atoms with van der Waals surface area (Å²) in [6, 6.07) is 2.66. The molecule has 2 nitrogen and oxygen atoms in total. The summed E-state index contributed by atoms with van der Waals surface area (Å²) >= 11 is 3.42. The van der Waals surface area contributed by atoms with Gasteiger partial charge in [-0.1, -0.05) is 0 Å². The third-order valence-corrected chi connectivity index (χ3v) is 2.62. The van der Waals surface area contributed by atoms with Crippen molar-refractivity contribution in [2.45, 2.75) is 18.9 Å². The molecule has 1 fully saturated rings. The van der Waals surface area contributed by atoms with Crippen LogP contribution in [0.1, 0.15) is 24.4 Å². The lowest BCUT2D eigenvalue weighted by molar-refractivity contribution is 0.644. The molecule has 0 saturated carbocycles. The highest BCUT2D eigenvalue weighted by atomic mass is 79.9. The van der Waals surface area contributed by atoms with Gasteiger partial charge in [0, 0.05) is 22.9 Å². The molecule has 1 aromatic heterocycles. The van der Waals surface area contributed by atoms with E-state index in [-0.39, 0.29) is 24.8 Å². The first kappa shape index (κ1) is 14.2. The summed E-state index contributed by atoms with van der Waals surface area (Å²) in [7, 11) is 0. The Bertz CT molecular complexity index is 277. The van der Waals surface area contributed by atoms with Gasteiger partial charge in [0.05, 0.1) is 0 Å². The molecule has 1 saturated heterocycles. The van der Waals surface area contributed by atoms with Gasteiger partial charge >= 0.3 is 0 Å². The van der Waals surface area contributed by atoms with E-state index >= 15 is 0 Å². The normalized spacial score (nSPS) is 19.6. The predicted molar refractivity (Wildman–Crippen MR) is 66.4 cm³/mol. The minimum Gasteiger partial charge on any atom is -0.310 e. The Morgan fingerprint density at radius 2 is 2.14 bits per heavy atom. The molecule has 0 radical (unpaired) electrons. The number of nitrogens with zero attached hydrogens (tertiary/aromatic N) is 1. The number of hydrogen-bond donors (Lipinski definition) is 1. The van der Waals surface area contributed by atoms with Gasteiger partial charge in [0.25, 0.3) is 0 Å². The van der Waals surface area contributed by atoms with Crippen LogP contribution < -0.4 is 5.32 Å². The van der Waals surface area contributed by atoms with Gasteiger partial charge in [-0.2, -0.15) is 0 Å². The average Bonchev–Trinajstić information content (AvgIpc) is 2.56. The molecule has 0 aromatic carbocycles. The molecule has 1 aromatic rings. The van der Waals surface area contributed by atoms with Gasteiger partial charge < -0.3 is 5.32 Å². The molecule has 0 spiro atoms. The minimum absolute atomic E-state index is 0. The molecular weight excluding hydrogens is 287 g/mol. The lowest BCUT2D eigenvalue weighted by Gasteiger charge is -2.09. The van der Waals surface area contributed by atoms with Gasteiger partial charge in [0.15, 0.2) is 0 Å². The number of pyridine rings is 1. The second-order valence-corrected chi connectivity index (χ2v) is 4.00. The fraction of sp³-hybridized carbons (Fsp3) is 0.444. The van der Waals surface area contributed by atoms with Crippen molar-refractivity contribution in [2.75, 3.05) is 6.54 Å². The summed E-state index contributed by atoms with van der Waals surface area (Å²) in [5, 5.41) is 3.44. The zero-order valence-corrected chi connectivity index (χ0v) is 10.8. The Hall–Kier alpha value is 0.170. The molecule has 1 N–H and O–H groups in total. The van der Waals surface area contributed by atoms with Crippen molar-refractivity contribution in [2.24, 2.45) is 0 Å². The average molecular weight is 300 g/mol. The van der Waals surface area contributed by atoms with Crippen molar-refractivity contribution < 1.29 is 0 Å². The first-order valence-electron chi connectivity index (χ1n) is 4.20. The van der Waals surface area contributed by atoms with E-state index in [0.717, 1.165) is 11.0 Å². The largest absolute Gasteiger partial charge is 0.310 e. The van der Waals surface area contributed by atoms with Crippen LogP contribution in [-0.2, 0) is 0 Å². The number of aromatic nitrogens is 1. The van der Waals surface area contributed by atoms with Gasteiger partial charge in [-0.05, 0) is 46.9 Å². The van der Waals surface area contributed by atoms with Crippen LogP contribution in [0, 0.1) is 0 Å². The number of nitrogens with one attached hydrogen (secondary N) is 1. The van der Waals surface area contributed by atoms with E-state index < -0.39 is 0 Å². The van der Waals surface area contributed by atoms with Crippen molar-refractivity contribution in [1.82, 2.24) is 10.3 Å². The predicted octanol–water partition coefficient (Wildman–Crippen LogP) is 3.11. The van der Waals surface area contributed by atoms with Crippen LogP contribution in [0.25, 0.3) is 0 Å². The maximum Gasteiger partial charge on any atom is 0.0410 e. The summed E-state index contributed by atoms with van der Waals surface area (Å²) in [5.74, 6) is 0. The Balaban J connectivity index is 0.000000845. The van der Waals surface area contributed by atoms with Gasteiger partial charge in [-0.3, -0.25) is 4.98 Å². The Kier molecular flexibility index (Phi) is 6.70. The minimum atomic E-state index is 0. The maximum atomic E-state index is 4.14. The summed E-state index contributed by atoms with van der Waals surface area (Å²) in [5.41, 5.74) is 1.29. The highest BCUT2D eigenvalue weighted by molar-refractivity contribution is 9.10. The van der Waals surface area contributed by atoms with E-state index in [4.69, 9.17) is 0 Å². The maximum absolute atomic E-state index is 4.14. The fourth-order valence-corrected chi connectivity index (χ4v) is 1.97. The molecule has 1 aliphatic rings. The number of hydrogen-bond acceptors (Lipinski definition) is 2. The molecule has 1 unspecified atom stereocenters. The van der Waals surface area contributed by atoms with Crippen LogP contribution >= 0.6 is 40.7 Å². The monoisotopic (exact) mass is 298 g/mol. The highest BCUT2D eigenvalue weighted by Crippen LogP contribution is 2.23. The molecule has 0 bridgehead atoms. The van der Waals surface area contributed by atoms with Crippen LogP contribution in [0.4, 0.5) is 0 Å². The quantitative estimate of drug-likeness (QED) is 0.862. The highest BCUT2D eigenvalue weighted by Gasteiger charge is 2.15. The van der Waals surface area contributed by atoms with Crippen LogP contribution in [0.15, 0.2) is 22.9 Å². The van der Waals surface area contributed by atoms with Crippen molar-refractivity contribution in [3.63, 3.8) is 0 Å². The van der Waals surface area contributed by atoms with E-state index in [0.29, 0.717) is 6.04 Å². The fourth-order valence-electron chi connectivity index (χ4n) is 1.59. The van der Waals surface area contributed by atoms with E-state index in [2.05, 4.69) is 32.3 Å². The topological polar surface area (TPSA) is 24.9 Å². The van der Waals surface area contributed by atoms with Crippen molar-refractivity contribution >= 4 is 40.7 Å². The molecule has 5 heteroatoms. The van der Waals surface area contributed by atoms with Crippen molar-refractivity contribution in [3.8, 4) is 0 Å². The van der Waals surface area contributed by atoms with E-state index in [9.17, 15) is 0 Å². The molecule has 1 atom stereocenters. The molecular formula is C9H13BrCl2N2. The second kappa shape index (κ2) is 6.62. The number of rotatable bonds is 1. The van der Waals surface area contributed by atoms with Gasteiger partial charge in [-0.15, -0.1) is 24.8 Å². The lowest BCUT2D eigenvalue weighted by atomic mass is 10.1. The first-order valence-corrected chi connectivity index (χ1v) is 4.99. The van der Waals surface area contributed by atoms with Crippen molar-refractivity contribution in [1.29, 1.82) is 0 Å². The zero-order valence-electron chi connectivity index (χ0n) is 7.57. The Morgan fingerprint density at radius 3 is 2.71 bits per heavy atom. The molecule has 0 amide bonds. The van der Waals surface area contributed by atoms with Crippen molar-refractivity contribution in [3.05, 3.63) is 28.5 Å². The van der Waals surface area contributed by atoms with E-state index in [1.165, 1.54) is 18.4 Å². The van der Waals surface area contributed by atoms with Gasteiger partial charge in [0.1, 0.15) is 0 Å². The van der Waals surface area contributed by atoms with Crippen LogP contribution in [0.2, 0.25) is 0 Å². The first-order chi connectivity index (χ1) is 5.86. The smallest absolute Gasteiger partial charge is 0.0410 e. The molecule has 2 heterocycles. The SMILES string of the molecule is Brc1cncc(C2CCCN2)c1.Cl.Cl. The standard InChI is InChI=1S/C9H11BrN2.2ClH/c10-8-4-7(5-11-6-8)9-2-1-3-12-9;;/h4-6,9,12H,1-3H2;2*1H. The Labute approximate surface area is 105 Å². The zero-order chi connectivity index (χ0) is 8.39. The Morgan fingerprint density at radius 1 is 1.36 bits per heavy atom. The molecule has 0 aliphatic carbocycles. The summed E-state index contributed by atoms with van der Waals surface area (Å²) in [6.45, 7) is 1.14. The molecule has 1 aliphatic heterocycles. The summed E-state index contributed by atoms with van der Waals surface area (Å²) in [6.07, 6.45) is 6.27. The van der Waals surface area contributed by atoms with Crippen LogP contribution in [-0.4, -0.2) is 11.5 Å². The number of halogens is 3. The van der Waals surface area contributed by atoms with Crippen LogP contribution in [0.5, 0.6) is 0 Å². The molecule has 80 valence electrons. The van der Waals surface area contributed by atoms with E-state index in [1.54, 1.807) is 0 Å². The van der Waals surface area contributed by atoms with Gasteiger partial charge in [0.2, 0.25) is 0 Å². The second-order valence-electron chi connectivity index (χ2n) is 3.09.